The van der Waals surface area contributed by atoms with E-state index in [1.54, 1.807) is 6.20 Å². The van der Waals surface area contributed by atoms with Crippen molar-refractivity contribution >= 4 is 21.9 Å². The molecular weight excluding hydrogens is 248 g/mol. The van der Waals surface area contributed by atoms with Crippen LogP contribution in [-0.2, 0) is 0 Å². The zero-order valence-electron chi connectivity index (χ0n) is 11.0. The van der Waals surface area contributed by atoms with Crippen LogP contribution in [0, 0.1) is 6.92 Å². The Hall–Kier alpha value is -2.68. The number of furan rings is 1. The minimum Gasteiger partial charge on any atom is -0.456 e. The van der Waals surface area contributed by atoms with Crippen LogP contribution in [0.2, 0.25) is 0 Å². The Balaban J connectivity index is 2.00. The van der Waals surface area contributed by atoms with Gasteiger partial charge in [0.05, 0.1) is 5.69 Å². The van der Waals surface area contributed by atoms with Crippen molar-refractivity contribution in [1.82, 2.24) is 9.97 Å². The molecule has 4 rings (SSSR count). The van der Waals surface area contributed by atoms with E-state index >= 15 is 0 Å². The Bertz CT molecular complexity index is 924. The van der Waals surface area contributed by atoms with E-state index in [-0.39, 0.29) is 0 Å². The largest absolute Gasteiger partial charge is 0.456 e. The van der Waals surface area contributed by atoms with Crippen molar-refractivity contribution in [2.75, 3.05) is 0 Å². The SMILES string of the molecule is Cc1ncccc1-c1cc2oc3ccccc3c2cn1. The number of hydrogen-bond acceptors (Lipinski definition) is 3. The molecule has 0 fully saturated rings. The van der Waals surface area contributed by atoms with E-state index in [0.717, 1.165) is 38.9 Å². The first-order chi connectivity index (χ1) is 9.83. The van der Waals surface area contributed by atoms with Crippen molar-refractivity contribution < 1.29 is 4.42 Å². The van der Waals surface area contributed by atoms with Gasteiger partial charge in [0.15, 0.2) is 0 Å². The molecule has 96 valence electrons. The van der Waals surface area contributed by atoms with Gasteiger partial charge in [0.25, 0.3) is 0 Å². The molecule has 1 aromatic carbocycles. The molecule has 0 saturated carbocycles. The smallest absolute Gasteiger partial charge is 0.139 e. The standard InChI is InChI=1S/C17H12N2O/c1-11-12(6-4-8-18-11)15-9-17-14(10-19-15)13-5-2-3-7-16(13)20-17/h2-10H,1H3. The lowest BCUT2D eigenvalue weighted by Crippen LogP contribution is -1.88. The van der Waals surface area contributed by atoms with E-state index in [1.807, 2.05) is 49.5 Å². The van der Waals surface area contributed by atoms with Crippen LogP contribution in [0.4, 0.5) is 0 Å². The second kappa shape index (κ2) is 4.17. The number of benzene rings is 1. The van der Waals surface area contributed by atoms with E-state index in [9.17, 15) is 0 Å². The van der Waals surface area contributed by atoms with Crippen LogP contribution >= 0.6 is 0 Å². The van der Waals surface area contributed by atoms with Crippen molar-refractivity contribution in [2.24, 2.45) is 0 Å². The fourth-order valence-electron chi connectivity index (χ4n) is 2.52. The maximum atomic E-state index is 5.89. The Labute approximate surface area is 115 Å². The molecule has 0 aliphatic rings. The van der Waals surface area contributed by atoms with E-state index < -0.39 is 0 Å². The number of aromatic nitrogens is 2. The molecule has 0 spiro atoms. The highest BCUT2D eigenvalue weighted by Gasteiger charge is 2.10. The van der Waals surface area contributed by atoms with Gasteiger partial charge in [0.1, 0.15) is 11.2 Å². The highest BCUT2D eigenvalue weighted by Crippen LogP contribution is 2.30. The van der Waals surface area contributed by atoms with Crippen molar-refractivity contribution in [2.45, 2.75) is 6.92 Å². The van der Waals surface area contributed by atoms with E-state index in [1.165, 1.54) is 0 Å². The highest BCUT2D eigenvalue weighted by molar-refractivity contribution is 6.05. The topological polar surface area (TPSA) is 38.9 Å². The summed E-state index contributed by atoms with van der Waals surface area (Å²) in [5.41, 5.74) is 4.65. The van der Waals surface area contributed by atoms with Gasteiger partial charge in [-0.25, -0.2) is 0 Å². The highest BCUT2D eigenvalue weighted by atomic mass is 16.3. The quantitative estimate of drug-likeness (QED) is 0.510. The van der Waals surface area contributed by atoms with Gasteiger partial charge >= 0.3 is 0 Å². The number of aryl methyl sites for hydroxylation is 1. The summed E-state index contributed by atoms with van der Waals surface area (Å²) in [6.45, 7) is 1.99. The Morgan fingerprint density at radius 2 is 1.80 bits per heavy atom. The number of para-hydroxylation sites is 1. The van der Waals surface area contributed by atoms with Gasteiger partial charge in [-0.3, -0.25) is 9.97 Å². The molecule has 0 bridgehead atoms. The molecule has 0 aliphatic heterocycles. The maximum Gasteiger partial charge on any atom is 0.139 e. The average molecular weight is 260 g/mol. The van der Waals surface area contributed by atoms with Crippen molar-refractivity contribution in [3.8, 4) is 11.3 Å². The van der Waals surface area contributed by atoms with Gasteiger partial charge in [0, 0.05) is 40.5 Å². The van der Waals surface area contributed by atoms with Crippen molar-refractivity contribution in [3.05, 3.63) is 60.6 Å². The van der Waals surface area contributed by atoms with Gasteiger partial charge in [-0.2, -0.15) is 0 Å². The molecule has 3 heterocycles. The molecule has 0 saturated heterocycles. The number of hydrogen-bond donors (Lipinski definition) is 0. The zero-order valence-corrected chi connectivity index (χ0v) is 11.0. The lowest BCUT2D eigenvalue weighted by Gasteiger charge is -2.03. The predicted molar refractivity (Wildman–Crippen MR) is 79.5 cm³/mol. The minimum absolute atomic E-state index is 0.861. The Morgan fingerprint density at radius 3 is 2.70 bits per heavy atom. The summed E-state index contributed by atoms with van der Waals surface area (Å²) in [6, 6.07) is 14.0. The summed E-state index contributed by atoms with van der Waals surface area (Å²) in [6.07, 6.45) is 3.67. The van der Waals surface area contributed by atoms with Crippen LogP contribution in [0.25, 0.3) is 33.2 Å². The van der Waals surface area contributed by atoms with E-state index in [2.05, 4.69) is 16.0 Å². The second-order valence-corrected chi connectivity index (χ2v) is 4.80. The molecule has 0 aliphatic carbocycles. The van der Waals surface area contributed by atoms with Crippen LogP contribution in [0.15, 0.2) is 59.3 Å². The molecule has 3 aromatic heterocycles. The first-order valence-corrected chi connectivity index (χ1v) is 6.52. The summed E-state index contributed by atoms with van der Waals surface area (Å²) < 4.78 is 5.89. The first kappa shape index (κ1) is 11.2. The van der Waals surface area contributed by atoms with Crippen LogP contribution in [0.3, 0.4) is 0 Å². The van der Waals surface area contributed by atoms with Gasteiger partial charge in [0.2, 0.25) is 0 Å². The van der Waals surface area contributed by atoms with Gasteiger partial charge in [-0.05, 0) is 25.1 Å². The third-order valence-electron chi connectivity index (χ3n) is 3.55. The maximum absolute atomic E-state index is 5.89. The summed E-state index contributed by atoms with van der Waals surface area (Å²) in [7, 11) is 0. The molecule has 4 aromatic rings. The molecule has 0 radical (unpaired) electrons. The summed E-state index contributed by atoms with van der Waals surface area (Å²) in [4.78, 5) is 8.87. The molecular formula is C17H12N2O. The number of nitrogens with zero attached hydrogens (tertiary/aromatic N) is 2. The van der Waals surface area contributed by atoms with Gasteiger partial charge in [-0.1, -0.05) is 18.2 Å². The van der Waals surface area contributed by atoms with Crippen LogP contribution in [0.1, 0.15) is 5.69 Å². The second-order valence-electron chi connectivity index (χ2n) is 4.80. The molecule has 0 N–H and O–H groups in total. The molecule has 0 atom stereocenters. The third-order valence-corrected chi connectivity index (χ3v) is 3.55. The predicted octanol–water partition coefficient (Wildman–Crippen LogP) is 4.35. The molecule has 3 nitrogen and oxygen atoms in total. The molecule has 0 amide bonds. The Kier molecular flexibility index (Phi) is 2.33. The van der Waals surface area contributed by atoms with Gasteiger partial charge < -0.3 is 4.42 Å². The minimum atomic E-state index is 0.861. The fourth-order valence-corrected chi connectivity index (χ4v) is 2.52. The summed E-state index contributed by atoms with van der Waals surface area (Å²) in [5, 5.41) is 2.15. The monoisotopic (exact) mass is 260 g/mol. The Morgan fingerprint density at radius 1 is 0.900 bits per heavy atom. The van der Waals surface area contributed by atoms with Crippen molar-refractivity contribution in [3.63, 3.8) is 0 Å². The fraction of sp³-hybridized carbons (Fsp3) is 0.0588. The summed E-state index contributed by atoms with van der Waals surface area (Å²) >= 11 is 0. The van der Waals surface area contributed by atoms with E-state index in [0.29, 0.717) is 0 Å². The van der Waals surface area contributed by atoms with Gasteiger partial charge in [-0.15, -0.1) is 0 Å². The van der Waals surface area contributed by atoms with E-state index in [4.69, 9.17) is 4.42 Å². The molecule has 3 heteroatoms. The summed E-state index contributed by atoms with van der Waals surface area (Å²) in [5.74, 6) is 0. The normalized spacial score (nSPS) is 11.2. The number of pyridine rings is 2. The van der Waals surface area contributed by atoms with Crippen LogP contribution in [0.5, 0.6) is 0 Å². The lowest BCUT2D eigenvalue weighted by atomic mass is 10.1. The molecule has 20 heavy (non-hydrogen) atoms. The average Bonchev–Trinajstić information content (AvgIpc) is 2.85. The zero-order chi connectivity index (χ0) is 13.5. The number of fused-ring (bicyclic) bond motifs is 3. The van der Waals surface area contributed by atoms with Crippen molar-refractivity contribution in [1.29, 1.82) is 0 Å². The molecule has 0 unspecified atom stereocenters. The number of rotatable bonds is 1. The first-order valence-electron chi connectivity index (χ1n) is 6.52. The lowest BCUT2D eigenvalue weighted by molar-refractivity contribution is 0.668. The third kappa shape index (κ3) is 1.60. The van der Waals surface area contributed by atoms with Crippen LogP contribution < -0.4 is 0 Å². The van der Waals surface area contributed by atoms with Crippen LogP contribution in [-0.4, -0.2) is 9.97 Å².